The monoisotopic (exact) mass is 275 g/mol. The van der Waals surface area contributed by atoms with Crippen LogP contribution in [0.3, 0.4) is 0 Å². The molecule has 0 amide bonds. The van der Waals surface area contributed by atoms with Crippen molar-refractivity contribution < 1.29 is 9.53 Å². The highest BCUT2D eigenvalue weighted by molar-refractivity contribution is 5.75. The van der Waals surface area contributed by atoms with Crippen molar-refractivity contribution in [3.05, 3.63) is 29.8 Å². The Morgan fingerprint density at radius 2 is 1.90 bits per heavy atom. The molecule has 1 fully saturated rings. The number of rotatable bonds is 4. The maximum absolute atomic E-state index is 11.9. The fourth-order valence-electron chi connectivity index (χ4n) is 2.68. The fraction of sp³-hybridized carbons (Fsp3) is 0.588. The second kappa shape index (κ2) is 6.78. The molecule has 0 heterocycles. The van der Waals surface area contributed by atoms with E-state index in [4.69, 9.17) is 4.74 Å². The van der Waals surface area contributed by atoms with Crippen LogP contribution in [0, 0.1) is 18.8 Å². The third kappa shape index (κ3) is 4.26. The van der Waals surface area contributed by atoms with E-state index in [2.05, 4.69) is 19.2 Å². The molecule has 0 aliphatic heterocycles. The second-order valence-corrected chi connectivity index (χ2v) is 6.10. The number of benzene rings is 1. The first kappa shape index (κ1) is 14.9. The average molecular weight is 275 g/mol. The zero-order chi connectivity index (χ0) is 14.5. The average Bonchev–Trinajstić information content (AvgIpc) is 2.42. The molecule has 0 radical (unpaired) electrons. The standard InChI is InChI=1S/C17H25NO2/c1-12-4-7-15(8-5-12)18-11-17(19)20-16-9-6-13(2)14(3)10-16/h4-5,7-8,13-14,16,18H,6,9-11H2,1-3H3. The molecule has 1 aromatic rings. The number of hydrogen-bond acceptors (Lipinski definition) is 3. The van der Waals surface area contributed by atoms with Gasteiger partial charge in [0.05, 0.1) is 0 Å². The van der Waals surface area contributed by atoms with Crippen LogP contribution in [0.5, 0.6) is 0 Å². The lowest BCUT2D eigenvalue weighted by molar-refractivity contribution is -0.149. The number of hydrogen-bond donors (Lipinski definition) is 1. The van der Waals surface area contributed by atoms with Gasteiger partial charge >= 0.3 is 5.97 Å². The Balaban J connectivity index is 1.74. The molecule has 0 spiro atoms. The Bertz CT molecular complexity index is 441. The van der Waals surface area contributed by atoms with Crippen LogP contribution in [0.2, 0.25) is 0 Å². The maximum atomic E-state index is 11.9. The molecule has 110 valence electrons. The highest BCUT2D eigenvalue weighted by atomic mass is 16.5. The number of esters is 1. The Labute approximate surface area is 121 Å². The predicted molar refractivity (Wildman–Crippen MR) is 81.7 cm³/mol. The van der Waals surface area contributed by atoms with Crippen LogP contribution < -0.4 is 5.32 Å². The van der Waals surface area contributed by atoms with Crippen LogP contribution in [-0.2, 0) is 9.53 Å². The molecule has 1 aliphatic rings. The summed E-state index contributed by atoms with van der Waals surface area (Å²) in [4.78, 5) is 11.9. The van der Waals surface area contributed by atoms with Crippen LogP contribution in [0.1, 0.15) is 38.7 Å². The zero-order valence-electron chi connectivity index (χ0n) is 12.7. The van der Waals surface area contributed by atoms with E-state index in [1.54, 1.807) is 0 Å². The van der Waals surface area contributed by atoms with Gasteiger partial charge in [-0.15, -0.1) is 0 Å². The van der Waals surface area contributed by atoms with Crippen molar-refractivity contribution in [1.29, 1.82) is 0 Å². The molecule has 20 heavy (non-hydrogen) atoms. The lowest BCUT2D eigenvalue weighted by Gasteiger charge is -2.31. The smallest absolute Gasteiger partial charge is 0.325 e. The van der Waals surface area contributed by atoms with E-state index < -0.39 is 0 Å². The van der Waals surface area contributed by atoms with E-state index >= 15 is 0 Å². The van der Waals surface area contributed by atoms with Gasteiger partial charge in [-0.05, 0) is 50.2 Å². The molecular formula is C17H25NO2. The zero-order valence-corrected chi connectivity index (χ0v) is 12.7. The number of aryl methyl sites for hydroxylation is 1. The Hall–Kier alpha value is -1.51. The Kier molecular flexibility index (Phi) is 5.05. The summed E-state index contributed by atoms with van der Waals surface area (Å²) in [6, 6.07) is 8.01. The van der Waals surface area contributed by atoms with E-state index in [-0.39, 0.29) is 18.6 Å². The van der Waals surface area contributed by atoms with Gasteiger partial charge in [0.2, 0.25) is 0 Å². The van der Waals surface area contributed by atoms with Gasteiger partial charge in [-0.1, -0.05) is 31.5 Å². The first-order valence-electron chi connectivity index (χ1n) is 7.54. The lowest BCUT2D eigenvalue weighted by atomic mass is 9.80. The van der Waals surface area contributed by atoms with E-state index in [1.165, 1.54) is 5.56 Å². The number of carbonyl (C=O) groups excluding carboxylic acids is 1. The van der Waals surface area contributed by atoms with E-state index in [0.29, 0.717) is 5.92 Å². The van der Waals surface area contributed by atoms with Gasteiger partial charge in [0.1, 0.15) is 12.6 Å². The van der Waals surface area contributed by atoms with Crippen molar-refractivity contribution in [2.75, 3.05) is 11.9 Å². The highest BCUT2D eigenvalue weighted by Gasteiger charge is 2.26. The van der Waals surface area contributed by atoms with Gasteiger partial charge < -0.3 is 10.1 Å². The van der Waals surface area contributed by atoms with Gasteiger partial charge in [0.15, 0.2) is 0 Å². The summed E-state index contributed by atoms with van der Waals surface area (Å²) >= 11 is 0. The molecule has 1 aliphatic carbocycles. The summed E-state index contributed by atoms with van der Waals surface area (Å²) in [6.45, 7) is 6.81. The summed E-state index contributed by atoms with van der Waals surface area (Å²) in [6.07, 6.45) is 3.26. The minimum Gasteiger partial charge on any atom is -0.461 e. The van der Waals surface area contributed by atoms with Crippen molar-refractivity contribution >= 4 is 11.7 Å². The fourth-order valence-corrected chi connectivity index (χ4v) is 2.68. The van der Waals surface area contributed by atoms with Crippen LogP contribution in [0.4, 0.5) is 5.69 Å². The van der Waals surface area contributed by atoms with Crippen molar-refractivity contribution in [3.8, 4) is 0 Å². The predicted octanol–water partition coefficient (Wildman–Crippen LogP) is 3.77. The molecule has 2 rings (SSSR count). The molecule has 3 nitrogen and oxygen atoms in total. The van der Waals surface area contributed by atoms with Crippen LogP contribution in [-0.4, -0.2) is 18.6 Å². The number of ether oxygens (including phenoxy) is 1. The molecule has 1 saturated carbocycles. The summed E-state index contributed by atoms with van der Waals surface area (Å²) < 4.78 is 5.55. The quantitative estimate of drug-likeness (QED) is 0.850. The number of nitrogens with one attached hydrogen (secondary N) is 1. The largest absolute Gasteiger partial charge is 0.461 e. The normalized spacial score (nSPS) is 26.1. The van der Waals surface area contributed by atoms with Crippen molar-refractivity contribution in [2.45, 2.75) is 46.1 Å². The molecule has 1 aromatic carbocycles. The molecule has 0 aromatic heterocycles. The molecule has 3 atom stereocenters. The lowest BCUT2D eigenvalue weighted by Crippen LogP contribution is -2.30. The Morgan fingerprint density at radius 3 is 2.55 bits per heavy atom. The van der Waals surface area contributed by atoms with Crippen LogP contribution in [0.25, 0.3) is 0 Å². The van der Waals surface area contributed by atoms with E-state index in [9.17, 15) is 4.79 Å². The second-order valence-electron chi connectivity index (χ2n) is 6.10. The minimum atomic E-state index is -0.155. The molecule has 0 bridgehead atoms. The third-order valence-corrected chi connectivity index (χ3v) is 4.34. The first-order valence-corrected chi connectivity index (χ1v) is 7.54. The Morgan fingerprint density at radius 1 is 1.20 bits per heavy atom. The van der Waals surface area contributed by atoms with E-state index in [0.717, 1.165) is 30.9 Å². The minimum absolute atomic E-state index is 0.105. The summed E-state index contributed by atoms with van der Waals surface area (Å²) in [5, 5.41) is 3.11. The summed E-state index contributed by atoms with van der Waals surface area (Å²) in [5.74, 6) is 1.24. The molecular weight excluding hydrogens is 250 g/mol. The van der Waals surface area contributed by atoms with Crippen molar-refractivity contribution in [1.82, 2.24) is 0 Å². The molecule has 0 saturated heterocycles. The topological polar surface area (TPSA) is 38.3 Å². The molecule has 3 heteroatoms. The van der Waals surface area contributed by atoms with Gasteiger partial charge in [-0.25, -0.2) is 0 Å². The maximum Gasteiger partial charge on any atom is 0.325 e. The van der Waals surface area contributed by atoms with Gasteiger partial charge in [-0.2, -0.15) is 0 Å². The van der Waals surface area contributed by atoms with Gasteiger partial charge in [0.25, 0.3) is 0 Å². The molecule has 3 unspecified atom stereocenters. The van der Waals surface area contributed by atoms with Crippen LogP contribution in [0.15, 0.2) is 24.3 Å². The summed E-state index contributed by atoms with van der Waals surface area (Å²) in [5.41, 5.74) is 2.17. The number of anilines is 1. The third-order valence-electron chi connectivity index (χ3n) is 4.34. The SMILES string of the molecule is Cc1ccc(NCC(=O)OC2CCC(C)C(C)C2)cc1. The van der Waals surface area contributed by atoms with Gasteiger partial charge in [0, 0.05) is 5.69 Å². The highest BCUT2D eigenvalue weighted by Crippen LogP contribution is 2.30. The van der Waals surface area contributed by atoms with Crippen molar-refractivity contribution in [2.24, 2.45) is 11.8 Å². The number of carbonyl (C=O) groups is 1. The van der Waals surface area contributed by atoms with Crippen molar-refractivity contribution in [3.63, 3.8) is 0 Å². The van der Waals surface area contributed by atoms with E-state index in [1.807, 2.05) is 31.2 Å². The molecule has 1 N–H and O–H groups in total. The first-order chi connectivity index (χ1) is 9.54. The van der Waals surface area contributed by atoms with Crippen LogP contribution >= 0.6 is 0 Å². The van der Waals surface area contributed by atoms with Gasteiger partial charge in [-0.3, -0.25) is 4.79 Å². The summed E-state index contributed by atoms with van der Waals surface area (Å²) in [7, 11) is 0.